The summed E-state index contributed by atoms with van der Waals surface area (Å²) in [5, 5.41) is 16.2. The van der Waals surface area contributed by atoms with Gasteiger partial charge in [0.05, 0.1) is 18.2 Å². The molecule has 118 valence electrons. The van der Waals surface area contributed by atoms with Crippen molar-refractivity contribution in [1.29, 1.82) is 5.26 Å². The lowest BCUT2D eigenvalue weighted by Gasteiger charge is -2.02. The molecule has 0 saturated carbocycles. The highest BCUT2D eigenvalue weighted by molar-refractivity contribution is 6.30. The lowest BCUT2D eigenvalue weighted by Crippen LogP contribution is -2.22. The van der Waals surface area contributed by atoms with Gasteiger partial charge < -0.3 is 9.84 Å². The van der Waals surface area contributed by atoms with E-state index in [9.17, 15) is 4.79 Å². The van der Waals surface area contributed by atoms with Gasteiger partial charge in [-0.1, -0.05) is 22.8 Å². The molecule has 5 nitrogen and oxygen atoms in total. The van der Waals surface area contributed by atoms with Crippen LogP contribution in [0.3, 0.4) is 0 Å². The van der Waals surface area contributed by atoms with E-state index in [0.29, 0.717) is 27.6 Å². The molecule has 1 aromatic heterocycles. The number of halogens is 1. The van der Waals surface area contributed by atoms with Gasteiger partial charge in [0, 0.05) is 22.2 Å². The number of rotatable bonds is 4. The van der Waals surface area contributed by atoms with Gasteiger partial charge in [0.2, 0.25) is 0 Å². The Kier molecular flexibility index (Phi) is 4.59. The van der Waals surface area contributed by atoms with Gasteiger partial charge in [-0.25, -0.2) is 0 Å². The van der Waals surface area contributed by atoms with Crippen molar-refractivity contribution in [1.82, 2.24) is 10.5 Å². The number of nitrogens with one attached hydrogen (secondary N) is 1. The molecule has 0 aliphatic carbocycles. The molecule has 6 heteroatoms. The normalized spacial score (nSPS) is 10.2. The van der Waals surface area contributed by atoms with Gasteiger partial charge in [0.1, 0.15) is 5.69 Å². The number of amides is 1. The van der Waals surface area contributed by atoms with Crippen LogP contribution in [0.25, 0.3) is 11.3 Å². The number of carbonyl (C=O) groups is 1. The first-order chi connectivity index (χ1) is 11.7. The Hall–Kier alpha value is -3.10. The Morgan fingerprint density at radius 3 is 2.75 bits per heavy atom. The maximum atomic E-state index is 12.1. The second-order valence-corrected chi connectivity index (χ2v) is 5.50. The zero-order valence-electron chi connectivity index (χ0n) is 12.5. The highest BCUT2D eigenvalue weighted by Crippen LogP contribution is 2.22. The first-order valence-electron chi connectivity index (χ1n) is 7.15. The van der Waals surface area contributed by atoms with Crippen LogP contribution in [0.1, 0.15) is 21.6 Å². The Morgan fingerprint density at radius 1 is 1.21 bits per heavy atom. The summed E-state index contributed by atoms with van der Waals surface area (Å²) in [5.41, 5.74) is 2.32. The van der Waals surface area contributed by atoms with E-state index in [0.717, 1.165) is 5.56 Å². The molecule has 0 fully saturated rings. The molecule has 1 amide bonds. The summed E-state index contributed by atoms with van der Waals surface area (Å²) >= 11 is 5.85. The zero-order valence-corrected chi connectivity index (χ0v) is 13.2. The fraction of sp³-hybridized carbons (Fsp3) is 0.0556. The van der Waals surface area contributed by atoms with E-state index in [2.05, 4.69) is 10.5 Å². The predicted molar refractivity (Wildman–Crippen MR) is 89.3 cm³/mol. The minimum Gasteiger partial charge on any atom is -0.356 e. The average Bonchev–Trinajstić information content (AvgIpc) is 3.09. The van der Waals surface area contributed by atoms with Gasteiger partial charge in [0.25, 0.3) is 5.91 Å². The number of nitriles is 1. The van der Waals surface area contributed by atoms with E-state index in [-0.39, 0.29) is 12.5 Å². The molecule has 0 atom stereocenters. The van der Waals surface area contributed by atoms with Crippen LogP contribution in [0, 0.1) is 11.3 Å². The van der Waals surface area contributed by atoms with Crippen LogP contribution >= 0.6 is 11.6 Å². The minimum absolute atomic E-state index is 0.229. The Balaban J connectivity index is 1.66. The molecule has 2 aromatic carbocycles. The second-order valence-electron chi connectivity index (χ2n) is 5.06. The largest absolute Gasteiger partial charge is 0.356 e. The van der Waals surface area contributed by atoms with Crippen molar-refractivity contribution in [3.63, 3.8) is 0 Å². The third-order valence-electron chi connectivity index (χ3n) is 3.37. The molecule has 0 radical (unpaired) electrons. The predicted octanol–water partition coefficient (Wildman–Crippen LogP) is 3.80. The van der Waals surface area contributed by atoms with Crippen molar-refractivity contribution in [2.45, 2.75) is 6.54 Å². The van der Waals surface area contributed by atoms with Crippen LogP contribution in [0.5, 0.6) is 0 Å². The van der Waals surface area contributed by atoms with Crippen molar-refractivity contribution in [2.24, 2.45) is 0 Å². The summed E-state index contributed by atoms with van der Waals surface area (Å²) in [5.74, 6) is 0.325. The van der Waals surface area contributed by atoms with Crippen LogP contribution in [-0.2, 0) is 6.54 Å². The van der Waals surface area contributed by atoms with Gasteiger partial charge in [-0.3, -0.25) is 4.79 Å². The molecular weight excluding hydrogens is 326 g/mol. The number of benzene rings is 2. The molecule has 0 aliphatic rings. The van der Waals surface area contributed by atoms with Crippen molar-refractivity contribution in [2.75, 3.05) is 0 Å². The van der Waals surface area contributed by atoms with E-state index in [1.807, 2.05) is 18.2 Å². The number of aromatic nitrogens is 1. The van der Waals surface area contributed by atoms with Gasteiger partial charge in [0.15, 0.2) is 5.76 Å². The molecule has 0 unspecified atom stereocenters. The molecule has 0 saturated heterocycles. The molecular formula is C18H12ClN3O2. The Morgan fingerprint density at radius 2 is 2.00 bits per heavy atom. The van der Waals surface area contributed by atoms with Crippen LogP contribution in [0.4, 0.5) is 0 Å². The minimum atomic E-state index is -0.275. The first-order valence-corrected chi connectivity index (χ1v) is 7.53. The second kappa shape index (κ2) is 6.99. The third-order valence-corrected chi connectivity index (χ3v) is 3.62. The fourth-order valence-electron chi connectivity index (χ4n) is 2.15. The van der Waals surface area contributed by atoms with Crippen molar-refractivity contribution in [3.05, 3.63) is 76.4 Å². The molecule has 0 bridgehead atoms. The molecule has 1 N–H and O–H groups in total. The van der Waals surface area contributed by atoms with Gasteiger partial charge in [-0.05, 0) is 42.5 Å². The summed E-state index contributed by atoms with van der Waals surface area (Å²) in [6, 6.07) is 17.5. The topological polar surface area (TPSA) is 78.9 Å². The smallest absolute Gasteiger partial charge is 0.251 e. The van der Waals surface area contributed by atoms with Crippen LogP contribution in [0.2, 0.25) is 5.02 Å². The number of hydrogen-bond acceptors (Lipinski definition) is 4. The molecule has 0 spiro atoms. The van der Waals surface area contributed by atoms with Gasteiger partial charge in [-0.15, -0.1) is 0 Å². The molecule has 1 heterocycles. The summed E-state index contributed by atoms with van der Waals surface area (Å²) in [4.78, 5) is 12.1. The fourth-order valence-corrected chi connectivity index (χ4v) is 2.27. The lowest BCUT2D eigenvalue weighted by molar-refractivity contribution is 0.0950. The van der Waals surface area contributed by atoms with E-state index in [1.54, 1.807) is 36.4 Å². The van der Waals surface area contributed by atoms with Gasteiger partial charge in [-0.2, -0.15) is 5.26 Å². The van der Waals surface area contributed by atoms with Crippen molar-refractivity contribution < 1.29 is 9.32 Å². The van der Waals surface area contributed by atoms with Crippen LogP contribution in [0.15, 0.2) is 59.1 Å². The van der Waals surface area contributed by atoms with Crippen LogP contribution < -0.4 is 5.32 Å². The molecule has 3 rings (SSSR count). The molecule has 0 aliphatic heterocycles. The number of carbonyl (C=O) groups excluding carboxylic acids is 1. The van der Waals surface area contributed by atoms with Gasteiger partial charge >= 0.3 is 0 Å². The maximum Gasteiger partial charge on any atom is 0.251 e. The van der Waals surface area contributed by atoms with Crippen molar-refractivity contribution >= 4 is 17.5 Å². The summed E-state index contributed by atoms with van der Waals surface area (Å²) in [6.45, 7) is 0.229. The number of hydrogen-bond donors (Lipinski definition) is 1. The van der Waals surface area contributed by atoms with Crippen LogP contribution in [-0.4, -0.2) is 11.1 Å². The van der Waals surface area contributed by atoms with E-state index >= 15 is 0 Å². The first kappa shape index (κ1) is 15.8. The summed E-state index contributed by atoms with van der Waals surface area (Å²) in [6.07, 6.45) is 0. The Bertz CT molecular complexity index is 911. The lowest BCUT2D eigenvalue weighted by atomic mass is 10.1. The van der Waals surface area contributed by atoms with E-state index < -0.39 is 0 Å². The summed E-state index contributed by atoms with van der Waals surface area (Å²) < 4.78 is 5.28. The molecule has 24 heavy (non-hydrogen) atoms. The molecule has 3 aromatic rings. The van der Waals surface area contributed by atoms with Crippen molar-refractivity contribution in [3.8, 4) is 17.4 Å². The third kappa shape index (κ3) is 3.62. The maximum absolute atomic E-state index is 12.1. The number of nitrogens with zero attached hydrogens (tertiary/aromatic N) is 2. The van der Waals surface area contributed by atoms with E-state index in [1.165, 1.54) is 6.07 Å². The monoisotopic (exact) mass is 337 g/mol. The quantitative estimate of drug-likeness (QED) is 0.785. The zero-order chi connectivity index (χ0) is 16.9. The highest BCUT2D eigenvalue weighted by Gasteiger charge is 2.10. The van der Waals surface area contributed by atoms with E-state index in [4.69, 9.17) is 21.4 Å². The SMILES string of the molecule is N#Cc1cccc(C(=O)NCc2cc(-c3ccc(Cl)cc3)on2)c1. The standard InChI is InChI=1S/C18H12ClN3O2/c19-15-6-4-13(5-7-15)17-9-16(22-24-17)11-21-18(23)14-3-1-2-12(8-14)10-20/h1-9H,11H2,(H,21,23). The highest BCUT2D eigenvalue weighted by atomic mass is 35.5. The summed E-state index contributed by atoms with van der Waals surface area (Å²) in [7, 11) is 0. The average molecular weight is 338 g/mol. The Labute approximate surface area is 143 Å².